The van der Waals surface area contributed by atoms with E-state index in [1.54, 1.807) is 0 Å². The van der Waals surface area contributed by atoms with Crippen LogP contribution in [0.15, 0.2) is 0 Å². The van der Waals surface area contributed by atoms with E-state index in [9.17, 15) is 0 Å². The topological polar surface area (TPSA) is 15.3 Å². The SMILES string of the molecule is CNCCCN(C)C1CCCC(C2CC2)C1. The summed E-state index contributed by atoms with van der Waals surface area (Å²) in [5, 5.41) is 3.24. The first-order valence-corrected chi connectivity index (χ1v) is 7.16. The third kappa shape index (κ3) is 3.46. The molecule has 0 aromatic rings. The number of nitrogens with one attached hydrogen (secondary N) is 1. The van der Waals surface area contributed by atoms with Crippen LogP contribution in [0.1, 0.15) is 44.9 Å². The first kappa shape index (κ1) is 12.4. The zero-order chi connectivity index (χ0) is 11.4. The molecule has 16 heavy (non-hydrogen) atoms. The molecule has 0 aromatic heterocycles. The molecule has 0 amide bonds. The van der Waals surface area contributed by atoms with Crippen molar-refractivity contribution in [1.29, 1.82) is 0 Å². The quantitative estimate of drug-likeness (QED) is 0.697. The van der Waals surface area contributed by atoms with Gasteiger partial charge in [-0.15, -0.1) is 0 Å². The highest BCUT2D eigenvalue weighted by Crippen LogP contribution is 2.44. The molecule has 1 N–H and O–H groups in total. The van der Waals surface area contributed by atoms with Crippen molar-refractivity contribution >= 4 is 0 Å². The lowest BCUT2D eigenvalue weighted by molar-refractivity contribution is 0.147. The van der Waals surface area contributed by atoms with E-state index in [1.165, 1.54) is 51.5 Å². The van der Waals surface area contributed by atoms with Gasteiger partial charge in [0, 0.05) is 6.04 Å². The Morgan fingerprint density at radius 3 is 2.62 bits per heavy atom. The third-order valence-electron chi connectivity index (χ3n) is 4.54. The van der Waals surface area contributed by atoms with Crippen LogP contribution in [-0.2, 0) is 0 Å². The van der Waals surface area contributed by atoms with Crippen LogP contribution in [0, 0.1) is 11.8 Å². The molecule has 2 heteroatoms. The van der Waals surface area contributed by atoms with E-state index in [2.05, 4.69) is 17.3 Å². The molecule has 2 saturated carbocycles. The summed E-state index contributed by atoms with van der Waals surface area (Å²) >= 11 is 0. The van der Waals surface area contributed by atoms with Gasteiger partial charge in [-0.05, 0) is 71.1 Å². The van der Waals surface area contributed by atoms with E-state index < -0.39 is 0 Å². The highest BCUT2D eigenvalue weighted by Gasteiger charge is 2.35. The van der Waals surface area contributed by atoms with Gasteiger partial charge in [0.05, 0.1) is 0 Å². The molecule has 2 nitrogen and oxygen atoms in total. The highest BCUT2D eigenvalue weighted by molar-refractivity contribution is 4.88. The Morgan fingerprint density at radius 1 is 1.12 bits per heavy atom. The molecule has 0 saturated heterocycles. The lowest BCUT2D eigenvalue weighted by Gasteiger charge is -2.35. The van der Waals surface area contributed by atoms with Crippen molar-refractivity contribution in [1.82, 2.24) is 10.2 Å². The van der Waals surface area contributed by atoms with Crippen LogP contribution in [-0.4, -0.2) is 38.1 Å². The monoisotopic (exact) mass is 224 g/mol. The van der Waals surface area contributed by atoms with Gasteiger partial charge in [-0.2, -0.15) is 0 Å². The minimum atomic E-state index is 0.885. The van der Waals surface area contributed by atoms with Gasteiger partial charge >= 0.3 is 0 Å². The highest BCUT2D eigenvalue weighted by atomic mass is 15.1. The summed E-state index contributed by atoms with van der Waals surface area (Å²) in [6.07, 6.45) is 10.3. The molecule has 0 bridgehead atoms. The van der Waals surface area contributed by atoms with Crippen molar-refractivity contribution in [3.05, 3.63) is 0 Å². The van der Waals surface area contributed by atoms with Crippen LogP contribution >= 0.6 is 0 Å². The minimum Gasteiger partial charge on any atom is -0.320 e. The molecule has 0 aromatic carbocycles. The zero-order valence-corrected chi connectivity index (χ0v) is 11.0. The molecular weight excluding hydrogens is 196 g/mol. The summed E-state index contributed by atoms with van der Waals surface area (Å²) in [4.78, 5) is 2.62. The molecule has 2 aliphatic rings. The predicted molar refractivity (Wildman–Crippen MR) is 69.6 cm³/mol. The van der Waals surface area contributed by atoms with Crippen LogP contribution in [0.5, 0.6) is 0 Å². The van der Waals surface area contributed by atoms with Crippen molar-refractivity contribution in [3.63, 3.8) is 0 Å². The maximum atomic E-state index is 3.24. The van der Waals surface area contributed by atoms with Gasteiger partial charge in [0.2, 0.25) is 0 Å². The first-order valence-electron chi connectivity index (χ1n) is 7.16. The Balaban J connectivity index is 1.70. The van der Waals surface area contributed by atoms with Crippen LogP contribution in [0.2, 0.25) is 0 Å². The van der Waals surface area contributed by atoms with Crippen molar-refractivity contribution < 1.29 is 0 Å². The van der Waals surface area contributed by atoms with E-state index in [1.807, 2.05) is 7.05 Å². The third-order valence-corrected chi connectivity index (χ3v) is 4.54. The summed E-state index contributed by atoms with van der Waals surface area (Å²) in [5.41, 5.74) is 0. The number of hydrogen-bond donors (Lipinski definition) is 1. The Morgan fingerprint density at radius 2 is 1.94 bits per heavy atom. The fraction of sp³-hybridized carbons (Fsp3) is 1.00. The second-order valence-corrected chi connectivity index (χ2v) is 5.86. The summed E-state index contributed by atoms with van der Waals surface area (Å²) in [6.45, 7) is 2.42. The average Bonchev–Trinajstić information content (AvgIpc) is 3.13. The van der Waals surface area contributed by atoms with E-state index in [-0.39, 0.29) is 0 Å². The minimum absolute atomic E-state index is 0.885. The maximum absolute atomic E-state index is 3.24. The molecule has 2 unspecified atom stereocenters. The molecule has 2 atom stereocenters. The smallest absolute Gasteiger partial charge is 0.00949 e. The van der Waals surface area contributed by atoms with Gasteiger partial charge in [0.15, 0.2) is 0 Å². The summed E-state index contributed by atoms with van der Waals surface area (Å²) in [6, 6.07) is 0.885. The first-order chi connectivity index (χ1) is 7.81. The van der Waals surface area contributed by atoms with E-state index in [0.29, 0.717) is 0 Å². The van der Waals surface area contributed by atoms with Crippen LogP contribution in [0.3, 0.4) is 0 Å². The van der Waals surface area contributed by atoms with Gasteiger partial charge < -0.3 is 10.2 Å². The Kier molecular flexibility index (Phi) is 4.66. The lowest BCUT2D eigenvalue weighted by Crippen LogP contribution is -2.37. The van der Waals surface area contributed by atoms with E-state index in [0.717, 1.165) is 24.4 Å². The second-order valence-electron chi connectivity index (χ2n) is 5.86. The molecule has 0 heterocycles. The largest absolute Gasteiger partial charge is 0.320 e. The van der Waals surface area contributed by atoms with Gasteiger partial charge in [-0.25, -0.2) is 0 Å². The van der Waals surface area contributed by atoms with Crippen molar-refractivity contribution in [2.45, 2.75) is 51.0 Å². The molecule has 0 spiro atoms. The molecule has 0 aliphatic heterocycles. The van der Waals surface area contributed by atoms with Gasteiger partial charge in [-0.1, -0.05) is 12.8 Å². The van der Waals surface area contributed by atoms with E-state index in [4.69, 9.17) is 0 Å². The van der Waals surface area contributed by atoms with Gasteiger partial charge in [-0.3, -0.25) is 0 Å². The number of hydrogen-bond acceptors (Lipinski definition) is 2. The Bertz CT molecular complexity index is 201. The molecular formula is C14H28N2. The van der Waals surface area contributed by atoms with Crippen LogP contribution in [0.4, 0.5) is 0 Å². The standard InChI is InChI=1S/C14H28N2/c1-15-9-4-10-16(2)14-6-3-5-13(11-14)12-7-8-12/h12-15H,3-11H2,1-2H3. The lowest BCUT2D eigenvalue weighted by atomic mass is 9.82. The van der Waals surface area contributed by atoms with Crippen LogP contribution < -0.4 is 5.32 Å². The summed E-state index contributed by atoms with van der Waals surface area (Å²) in [7, 11) is 4.37. The molecule has 2 aliphatic carbocycles. The van der Waals surface area contributed by atoms with Crippen LogP contribution in [0.25, 0.3) is 0 Å². The summed E-state index contributed by atoms with van der Waals surface area (Å²) < 4.78 is 0. The van der Waals surface area contributed by atoms with Crippen molar-refractivity contribution in [2.75, 3.05) is 27.2 Å². The van der Waals surface area contributed by atoms with E-state index >= 15 is 0 Å². The maximum Gasteiger partial charge on any atom is 0.00949 e. The fourth-order valence-electron chi connectivity index (χ4n) is 3.28. The number of nitrogens with zero attached hydrogens (tertiary/aromatic N) is 1. The molecule has 2 fully saturated rings. The van der Waals surface area contributed by atoms with Crippen molar-refractivity contribution in [3.8, 4) is 0 Å². The van der Waals surface area contributed by atoms with Gasteiger partial charge in [0.25, 0.3) is 0 Å². The predicted octanol–water partition coefficient (Wildman–Crippen LogP) is 2.50. The zero-order valence-electron chi connectivity index (χ0n) is 11.0. The Labute approximate surface area is 101 Å². The second kappa shape index (κ2) is 6.02. The van der Waals surface area contributed by atoms with Crippen molar-refractivity contribution in [2.24, 2.45) is 11.8 Å². The molecule has 94 valence electrons. The fourth-order valence-corrected chi connectivity index (χ4v) is 3.28. The molecule has 2 rings (SSSR count). The van der Waals surface area contributed by atoms with Gasteiger partial charge in [0.1, 0.15) is 0 Å². The normalized spacial score (nSPS) is 30.9. The average molecular weight is 224 g/mol. The Hall–Kier alpha value is -0.0800. The number of rotatable bonds is 6. The summed E-state index contributed by atoms with van der Waals surface area (Å²) in [5.74, 6) is 2.19. The molecule has 0 radical (unpaired) electrons.